The number of aromatic amines is 1. The van der Waals surface area contributed by atoms with Gasteiger partial charge in [0.15, 0.2) is 0 Å². The van der Waals surface area contributed by atoms with Gasteiger partial charge in [-0.15, -0.1) is 0 Å². The van der Waals surface area contributed by atoms with Gasteiger partial charge in [-0.1, -0.05) is 12.1 Å². The molecular weight excluding hydrogens is 298 g/mol. The molecule has 2 heterocycles. The first-order valence-electron chi connectivity index (χ1n) is 6.69. The van der Waals surface area contributed by atoms with Crippen molar-refractivity contribution >= 4 is 34.5 Å². The highest BCUT2D eigenvalue weighted by Crippen LogP contribution is 2.23. The molecule has 3 aromatic rings. The fourth-order valence-electron chi connectivity index (χ4n) is 2.21. The summed E-state index contributed by atoms with van der Waals surface area (Å²) in [4.78, 5) is 18.3. The van der Waals surface area contributed by atoms with E-state index in [0.29, 0.717) is 12.2 Å². The average Bonchev–Trinajstić information content (AvgIpc) is 2.53. The third-order valence-electron chi connectivity index (χ3n) is 3.20. The number of anilines is 2. The number of nitrogens with two attached hydrogens (primary N) is 1. The summed E-state index contributed by atoms with van der Waals surface area (Å²) in [5.41, 5.74) is 3.37. The van der Waals surface area contributed by atoms with E-state index in [1.807, 2.05) is 30.3 Å². The van der Waals surface area contributed by atoms with Crippen LogP contribution in [0.2, 0.25) is 0 Å². The van der Waals surface area contributed by atoms with E-state index in [2.05, 4.69) is 20.0 Å². The zero-order valence-electron chi connectivity index (χ0n) is 11.7. The van der Waals surface area contributed by atoms with Crippen LogP contribution in [0.5, 0.6) is 0 Å². The lowest BCUT2D eigenvalue weighted by Gasteiger charge is -2.10. The van der Waals surface area contributed by atoms with Crippen molar-refractivity contribution in [3.63, 3.8) is 0 Å². The van der Waals surface area contributed by atoms with Gasteiger partial charge in [0.05, 0.1) is 5.69 Å². The standard InChI is InChI=1S/C15H15N5OS/c16-22-18-9-10-2-1-3-11(8-10)19-13-6-7-17-15-12(13)4-5-14(21)20-15/h1-8,18H,9,16H2,(H2,17,19,20,21). The molecule has 6 nitrogen and oxygen atoms in total. The third kappa shape index (κ3) is 3.28. The number of H-pyrrole nitrogens is 1. The maximum Gasteiger partial charge on any atom is 0.249 e. The van der Waals surface area contributed by atoms with Crippen LogP contribution in [0.3, 0.4) is 0 Å². The van der Waals surface area contributed by atoms with Gasteiger partial charge in [-0.2, -0.15) is 0 Å². The van der Waals surface area contributed by atoms with E-state index in [-0.39, 0.29) is 5.56 Å². The molecule has 22 heavy (non-hydrogen) atoms. The van der Waals surface area contributed by atoms with Crippen molar-refractivity contribution in [3.8, 4) is 0 Å². The van der Waals surface area contributed by atoms with Crippen molar-refractivity contribution in [3.05, 3.63) is 64.6 Å². The minimum absolute atomic E-state index is 0.162. The fraction of sp³-hybridized carbons (Fsp3) is 0.0667. The van der Waals surface area contributed by atoms with Crippen LogP contribution in [0.1, 0.15) is 5.56 Å². The highest BCUT2D eigenvalue weighted by molar-refractivity contribution is 7.95. The van der Waals surface area contributed by atoms with Gasteiger partial charge >= 0.3 is 0 Å². The van der Waals surface area contributed by atoms with Gasteiger partial charge < -0.3 is 10.3 Å². The normalized spacial score (nSPS) is 10.8. The van der Waals surface area contributed by atoms with Gasteiger partial charge in [0.1, 0.15) is 5.65 Å². The molecule has 5 N–H and O–H groups in total. The molecule has 0 aliphatic carbocycles. The number of fused-ring (bicyclic) bond motifs is 1. The van der Waals surface area contributed by atoms with Gasteiger partial charge in [0.25, 0.3) is 0 Å². The number of hydrogen-bond donors (Lipinski definition) is 4. The summed E-state index contributed by atoms with van der Waals surface area (Å²) in [6.45, 7) is 0.682. The van der Waals surface area contributed by atoms with E-state index in [0.717, 1.165) is 34.5 Å². The second-order valence-corrected chi connectivity index (χ2v) is 5.23. The van der Waals surface area contributed by atoms with Crippen LogP contribution < -0.4 is 20.7 Å². The van der Waals surface area contributed by atoms with Crippen LogP contribution in [0.4, 0.5) is 11.4 Å². The number of nitrogens with zero attached hydrogens (tertiary/aromatic N) is 1. The topological polar surface area (TPSA) is 95.8 Å². The molecule has 0 unspecified atom stereocenters. The van der Waals surface area contributed by atoms with Crippen molar-refractivity contribution in [2.24, 2.45) is 5.14 Å². The highest BCUT2D eigenvalue weighted by Gasteiger charge is 2.03. The van der Waals surface area contributed by atoms with Crippen LogP contribution in [0.15, 0.2) is 53.5 Å². The molecule has 7 heteroatoms. The summed E-state index contributed by atoms with van der Waals surface area (Å²) in [5, 5.41) is 9.59. The Kier molecular flexibility index (Phi) is 4.38. The van der Waals surface area contributed by atoms with Crippen molar-refractivity contribution in [2.75, 3.05) is 5.32 Å². The number of benzene rings is 1. The van der Waals surface area contributed by atoms with E-state index in [1.165, 1.54) is 6.07 Å². The molecule has 112 valence electrons. The SMILES string of the molecule is NSNCc1cccc(Nc2ccnc3[nH]c(=O)ccc23)c1. The van der Waals surface area contributed by atoms with E-state index in [4.69, 9.17) is 5.14 Å². The Morgan fingerprint density at radius 1 is 1.23 bits per heavy atom. The molecule has 0 saturated carbocycles. The summed E-state index contributed by atoms with van der Waals surface area (Å²) in [6.07, 6.45) is 1.66. The minimum atomic E-state index is -0.162. The molecule has 2 aromatic heterocycles. The first-order chi connectivity index (χ1) is 10.8. The first kappa shape index (κ1) is 14.6. The quantitative estimate of drug-likeness (QED) is 0.540. The van der Waals surface area contributed by atoms with E-state index in [9.17, 15) is 4.79 Å². The monoisotopic (exact) mass is 313 g/mol. The molecule has 3 rings (SSSR count). The molecule has 0 radical (unpaired) electrons. The molecule has 0 bridgehead atoms. The van der Waals surface area contributed by atoms with Crippen molar-refractivity contribution in [1.29, 1.82) is 0 Å². The number of pyridine rings is 2. The van der Waals surface area contributed by atoms with E-state index >= 15 is 0 Å². The Hall–Kier alpha value is -2.35. The molecular formula is C15H15N5OS. The molecule has 0 aliphatic rings. The molecule has 0 amide bonds. The van der Waals surface area contributed by atoms with Crippen molar-refractivity contribution < 1.29 is 0 Å². The Labute approximate surface area is 131 Å². The van der Waals surface area contributed by atoms with Gasteiger partial charge in [0.2, 0.25) is 5.56 Å². The lowest BCUT2D eigenvalue weighted by molar-refractivity contribution is 0.978. The van der Waals surface area contributed by atoms with Crippen LogP contribution in [0.25, 0.3) is 11.0 Å². The second kappa shape index (κ2) is 6.61. The fourth-order valence-corrected chi connectivity index (χ4v) is 2.46. The Morgan fingerprint density at radius 3 is 3.00 bits per heavy atom. The molecule has 1 aromatic carbocycles. The summed E-state index contributed by atoms with van der Waals surface area (Å²) in [7, 11) is 0. The summed E-state index contributed by atoms with van der Waals surface area (Å²) in [6, 6.07) is 13.2. The smallest absolute Gasteiger partial charge is 0.249 e. The predicted molar refractivity (Wildman–Crippen MR) is 90.7 cm³/mol. The van der Waals surface area contributed by atoms with Crippen LogP contribution in [-0.2, 0) is 6.54 Å². The van der Waals surface area contributed by atoms with Crippen LogP contribution >= 0.6 is 12.1 Å². The van der Waals surface area contributed by atoms with Crippen molar-refractivity contribution in [2.45, 2.75) is 6.54 Å². The summed E-state index contributed by atoms with van der Waals surface area (Å²) in [5.74, 6) is 0. The van der Waals surface area contributed by atoms with E-state index in [1.54, 1.807) is 12.3 Å². The third-order valence-corrected chi connectivity index (χ3v) is 3.51. The molecule has 0 saturated heterocycles. The Bertz CT molecular complexity index is 848. The second-order valence-electron chi connectivity index (χ2n) is 4.71. The van der Waals surface area contributed by atoms with Crippen LogP contribution in [0, 0.1) is 0 Å². The van der Waals surface area contributed by atoms with Gasteiger partial charge in [-0.25, -0.2) is 9.71 Å². The lowest BCUT2D eigenvalue weighted by Crippen LogP contribution is -2.06. The Balaban J connectivity index is 1.91. The molecule has 0 fully saturated rings. The van der Waals surface area contributed by atoms with Gasteiger partial charge in [-0.05, 0) is 29.8 Å². The maximum atomic E-state index is 11.4. The predicted octanol–water partition coefficient (Wildman–Crippen LogP) is 2.28. The average molecular weight is 313 g/mol. The Morgan fingerprint density at radius 2 is 2.14 bits per heavy atom. The number of rotatable bonds is 5. The van der Waals surface area contributed by atoms with E-state index < -0.39 is 0 Å². The zero-order valence-corrected chi connectivity index (χ0v) is 12.5. The molecule has 0 spiro atoms. The highest BCUT2D eigenvalue weighted by atomic mass is 32.2. The van der Waals surface area contributed by atoms with Crippen molar-refractivity contribution in [1.82, 2.24) is 14.7 Å². The first-order valence-corrected chi connectivity index (χ1v) is 7.57. The van der Waals surface area contributed by atoms with Gasteiger partial charge in [-0.3, -0.25) is 9.93 Å². The lowest BCUT2D eigenvalue weighted by atomic mass is 10.2. The summed E-state index contributed by atoms with van der Waals surface area (Å²) >= 11 is 1.10. The minimum Gasteiger partial charge on any atom is -0.355 e. The maximum absolute atomic E-state index is 11.4. The largest absolute Gasteiger partial charge is 0.355 e. The summed E-state index contributed by atoms with van der Waals surface area (Å²) < 4.78 is 3.01. The number of nitrogens with one attached hydrogen (secondary N) is 3. The molecule has 0 atom stereocenters. The van der Waals surface area contributed by atoms with Gasteiger partial charge in [0, 0.05) is 42.0 Å². The van der Waals surface area contributed by atoms with Crippen LogP contribution in [-0.4, -0.2) is 9.97 Å². The number of aromatic nitrogens is 2. The number of hydrogen-bond acceptors (Lipinski definition) is 6. The zero-order chi connectivity index (χ0) is 15.4. The molecule has 0 aliphatic heterocycles.